The Bertz CT molecular complexity index is 606. The zero-order chi connectivity index (χ0) is 20.4. The monoisotopic (exact) mass is 360 g/mol. The van der Waals surface area contributed by atoms with Crippen molar-refractivity contribution in [1.29, 1.82) is 0 Å². The summed E-state index contributed by atoms with van der Waals surface area (Å²) < 4.78 is 0. The summed E-state index contributed by atoms with van der Waals surface area (Å²) >= 11 is 0. The SMILES string of the molecule is CCC1C(C)C(C)(C)CC12C(C)(C)C1C(C)(C)C(C)(C(C)(C)CC)C12C. The average Bonchev–Trinajstić information content (AvgIpc) is 2.74. The van der Waals surface area contributed by atoms with Gasteiger partial charge < -0.3 is 0 Å². The van der Waals surface area contributed by atoms with Crippen molar-refractivity contribution in [3.05, 3.63) is 0 Å². The molecule has 0 aromatic rings. The fourth-order valence-corrected chi connectivity index (χ4v) is 11.0. The molecule has 3 aliphatic carbocycles. The first-order valence-corrected chi connectivity index (χ1v) is 11.5. The molecule has 0 N–H and O–H groups in total. The molecule has 152 valence electrons. The Morgan fingerprint density at radius 3 is 1.77 bits per heavy atom. The topological polar surface area (TPSA) is 0 Å². The Balaban J connectivity index is 2.27. The number of hydrogen-bond donors (Lipinski definition) is 0. The minimum Gasteiger partial charge on any atom is -0.0651 e. The highest BCUT2D eigenvalue weighted by atomic mass is 15.0. The van der Waals surface area contributed by atoms with E-state index in [9.17, 15) is 0 Å². The van der Waals surface area contributed by atoms with E-state index < -0.39 is 0 Å². The van der Waals surface area contributed by atoms with E-state index in [4.69, 9.17) is 0 Å². The van der Waals surface area contributed by atoms with E-state index in [2.05, 4.69) is 90.0 Å². The van der Waals surface area contributed by atoms with E-state index in [0.717, 1.165) is 17.8 Å². The average molecular weight is 361 g/mol. The number of fused-ring (bicyclic) bond motifs is 2. The number of rotatable bonds is 3. The molecule has 0 amide bonds. The summed E-state index contributed by atoms with van der Waals surface area (Å²) in [4.78, 5) is 0. The van der Waals surface area contributed by atoms with Crippen LogP contribution in [-0.4, -0.2) is 0 Å². The van der Waals surface area contributed by atoms with Gasteiger partial charge in [-0.15, -0.1) is 0 Å². The van der Waals surface area contributed by atoms with E-state index >= 15 is 0 Å². The van der Waals surface area contributed by atoms with E-state index in [1.54, 1.807) is 0 Å². The van der Waals surface area contributed by atoms with Gasteiger partial charge in [0.1, 0.15) is 0 Å². The molecule has 6 unspecified atom stereocenters. The summed E-state index contributed by atoms with van der Waals surface area (Å²) in [6.07, 6.45) is 4.05. The predicted octanol–water partition coefficient (Wildman–Crippen LogP) is 8.21. The van der Waals surface area contributed by atoms with Crippen LogP contribution in [-0.2, 0) is 0 Å². The van der Waals surface area contributed by atoms with Crippen molar-refractivity contribution in [2.75, 3.05) is 0 Å². The molecule has 0 radical (unpaired) electrons. The van der Waals surface area contributed by atoms with Crippen LogP contribution in [0, 0.1) is 55.7 Å². The van der Waals surface area contributed by atoms with Gasteiger partial charge >= 0.3 is 0 Å². The predicted molar refractivity (Wildman–Crippen MR) is 115 cm³/mol. The van der Waals surface area contributed by atoms with Gasteiger partial charge in [0.05, 0.1) is 0 Å². The summed E-state index contributed by atoms with van der Waals surface area (Å²) in [5, 5.41) is 0. The highest BCUT2D eigenvalue weighted by Crippen LogP contribution is 2.98. The quantitative estimate of drug-likeness (QED) is 0.475. The minimum absolute atomic E-state index is 0.375. The van der Waals surface area contributed by atoms with E-state index in [1.807, 2.05) is 0 Å². The van der Waals surface area contributed by atoms with Gasteiger partial charge in [-0.3, -0.25) is 0 Å². The van der Waals surface area contributed by atoms with Crippen molar-refractivity contribution in [1.82, 2.24) is 0 Å². The van der Waals surface area contributed by atoms with Gasteiger partial charge in [-0.2, -0.15) is 0 Å². The number of hydrogen-bond acceptors (Lipinski definition) is 0. The lowest BCUT2D eigenvalue weighted by molar-refractivity contribution is -0.479. The lowest BCUT2D eigenvalue weighted by Crippen LogP contribution is -2.90. The molecule has 26 heavy (non-hydrogen) atoms. The molecular formula is C26H48. The molecule has 6 atom stereocenters. The van der Waals surface area contributed by atoms with Crippen LogP contribution in [0.4, 0.5) is 0 Å². The highest BCUT2D eigenvalue weighted by molar-refractivity contribution is 5.40. The zero-order valence-corrected chi connectivity index (χ0v) is 20.4. The third-order valence-corrected chi connectivity index (χ3v) is 12.3. The first kappa shape index (κ1) is 20.7. The van der Waals surface area contributed by atoms with Crippen molar-refractivity contribution >= 4 is 0 Å². The van der Waals surface area contributed by atoms with Crippen LogP contribution in [0.25, 0.3) is 0 Å². The molecular weight excluding hydrogens is 312 g/mol. The molecule has 0 aromatic heterocycles. The smallest absolute Gasteiger partial charge is 0.0145 e. The second-order valence-electron chi connectivity index (χ2n) is 13.4. The molecule has 3 fully saturated rings. The first-order chi connectivity index (χ1) is 11.5. The minimum atomic E-state index is 0.375. The third kappa shape index (κ3) is 1.57. The molecule has 0 heteroatoms. The Hall–Kier alpha value is 0. The Morgan fingerprint density at radius 1 is 0.846 bits per heavy atom. The lowest BCUT2D eigenvalue weighted by Gasteiger charge is -2.95. The molecule has 3 aliphatic rings. The van der Waals surface area contributed by atoms with Gasteiger partial charge in [-0.25, -0.2) is 0 Å². The first-order valence-electron chi connectivity index (χ1n) is 11.5. The highest BCUT2D eigenvalue weighted by Gasteiger charge is 2.93. The van der Waals surface area contributed by atoms with Gasteiger partial charge in [-0.05, 0) is 62.1 Å². The molecule has 0 nitrogen and oxygen atoms in total. The van der Waals surface area contributed by atoms with Crippen LogP contribution in [0.15, 0.2) is 0 Å². The van der Waals surface area contributed by atoms with E-state index in [-0.39, 0.29) is 0 Å². The summed E-state index contributed by atoms with van der Waals surface area (Å²) in [5.41, 5.74) is 3.01. The van der Waals surface area contributed by atoms with Crippen LogP contribution in [0.3, 0.4) is 0 Å². The molecule has 0 saturated heterocycles. The van der Waals surface area contributed by atoms with Gasteiger partial charge in [0.15, 0.2) is 0 Å². The summed E-state index contributed by atoms with van der Waals surface area (Å²) in [5.74, 6) is 2.52. The van der Waals surface area contributed by atoms with Crippen molar-refractivity contribution in [3.63, 3.8) is 0 Å². The summed E-state index contributed by atoms with van der Waals surface area (Å²) in [6.45, 7) is 33.7. The second-order valence-corrected chi connectivity index (χ2v) is 13.4. The van der Waals surface area contributed by atoms with E-state index in [0.29, 0.717) is 37.9 Å². The second kappa shape index (κ2) is 4.94. The molecule has 3 saturated carbocycles. The van der Waals surface area contributed by atoms with Crippen LogP contribution in [0.2, 0.25) is 0 Å². The Morgan fingerprint density at radius 2 is 1.35 bits per heavy atom. The summed E-state index contributed by atoms with van der Waals surface area (Å²) in [6, 6.07) is 0. The Labute approximate surface area is 165 Å². The normalized spacial score (nSPS) is 50.9. The van der Waals surface area contributed by atoms with E-state index in [1.165, 1.54) is 19.3 Å². The molecule has 0 bridgehead atoms. The fraction of sp³-hybridized carbons (Fsp3) is 1.00. The van der Waals surface area contributed by atoms with Gasteiger partial charge in [-0.1, -0.05) is 103 Å². The standard InChI is InChI=1S/C26H48/c1-14-18-17(3)20(4,5)16-26(18)23(10,11)19-22(8,9)25(13,24(19,26)12)21(6,7)15-2/h17-19H,14-16H2,1-13H3. The van der Waals surface area contributed by atoms with Crippen molar-refractivity contribution in [2.24, 2.45) is 55.7 Å². The molecule has 0 aromatic carbocycles. The maximum Gasteiger partial charge on any atom is -0.0145 e. The van der Waals surface area contributed by atoms with Gasteiger partial charge in [0.25, 0.3) is 0 Å². The largest absolute Gasteiger partial charge is 0.0651 e. The maximum absolute atomic E-state index is 2.74. The van der Waals surface area contributed by atoms with Crippen molar-refractivity contribution < 1.29 is 0 Å². The van der Waals surface area contributed by atoms with Gasteiger partial charge in [0, 0.05) is 0 Å². The molecule has 1 spiro atoms. The molecule has 3 rings (SSSR count). The van der Waals surface area contributed by atoms with Crippen molar-refractivity contribution in [2.45, 2.75) is 109 Å². The third-order valence-electron chi connectivity index (χ3n) is 12.3. The fourth-order valence-electron chi connectivity index (χ4n) is 11.0. The van der Waals surface area contributed by atoms with Gasteiger partial charge in [0.2, 0.25) is 0 Å². The Kier molecular flexibility index (Phi) is 3.94. The zero-order valence-electron chi connectivity index (χ0n) is 20.4. The molecule has 0 heterocycles. The van der Waals surface area contributed by atoms with Crippen LogP contribution in [0.5, 0.6) is 0 Å². The van der Waals surface area contributed by atoms with Crippen molar-refractivity contribution in [3.8, 4) is 0 Å². The maximum atomic E-state index is 2.74. The van der Waals surface area contributed by atoms with Crippen LogP contribution in [0.1, 0.15) is 109 Å². The van der Waals surface area contributed by atoms with Crippen LogP contribution >= 0.6 is 0 Å². The summed E-state index contributed by atoms with van der Waals surface area (Å²) in [7, 11) is 0. The molecule has 0 aliphatic heterocycles. The lowest BCUT2D eigenvalue weighted by atomic mass is 9.09. The van der Waals surface area contributed by atoms with Crippen LogP contribution < -0.4 is 0 Å².